The molecule has 2 rings (SSSR count). The highest BCUT2D eigenvalue weighted by molar-refractivity contribution is 5.17. The molecule has 0 aromatic heterocycles. The summed E-state index contributed by atoms with van der Waals surface area (Å²) in [6, 6.07) is 4.15. The maximum atomic E-state index is 13.0. The van der Waals surface area contributed by atoms with Gasteiger partial charge in [-0.1, -0.05) is 0 Å². The Kier molecular flexibility index (Phi) is 3.51. The second-order valence-corrected chi connectivity index (χ2v) is 4.34. The summed E-state index contributed by atoms with van der Waals surface area (Å²) < 4.78 is 26.0. The molecule has 1 aromatic rings. The minimum Gasteiger partial charge on any atom is -0.315 e. The Morgan fingerprint density at radius 1 is 1.31 bits per heavy atom. The van der Waals surface area contributed by atoms with Gasteiger partial charge in [-0.2, -0.15) is 0 Å². The normalized spacial score (nSPS) is 20.6. The van der Waals surface area contributed by atoms with E-state index in [-0.39, 0.29) is 0 Å². The molecule has 88 valence electrons. The van der Waals surface area contributed by atoms with Gasteiger partial charge in [0.2, 0.25) is 0 Å². The molecule has 0 aliphatic carbocycles. The predicted octanol–water partition coefficient (Wildman–Crippen LogP) is 1.76. The first-order chi connectivity index (χ1) is 7.65. The lowest BCUT2D eigenvalue weighted by atomic mass is 10.1. The van der Waals surface area contributed by atoms with Crippen molar-refractivity contribution in [3.63, 3.8) is 0 Å². The number of likely N-dealkylation sites (N-methyl/N-ethyl adjacent to an activating group) is 1. The third-order valence-electron chi connectivity index (χ3n) is 3.01. The molecule has 1 fully saturated rings. The zero-order valence-electron chi connectivity index (χ0n) is 9.34. The number of nitrogens with zero attached hydrogens (tertiary/aromatic N) is 1. The molecule has 1 atom stereocenters. The fraction of sp³-hybridized carbons (Fsp3) is 0.500. The van der Waals surface area contributed by atoms with Crippen LogP contribution in [0.25, 0.3) is 0 Å². The zero-order chi connectivity index (χ0) is 11.5. The lowest BCUT2D eigenvalue weighted by molar-refractivity contribution is 0.248. The standard InChI is InChI=1S/C12H16F2N2/c1-16(12-2-3-15-7-12)8-9-4-10(13)6-11(14)5-9/h4-6,12,15H,2-3,7-8H2,1H3. The van der Waals surface area contributed by atoms with Crippen molar-refractivity contribution in [1.82, 2.24) is 10.2 Å². The molecule has 0 spiro atoms. The molecule has 1 aromatic carbocycles. The van der Waals surface area contributed by atoms with Crippen LogP contribution in [-0.2, 0) is 6.54 Å². The van der Waals surface area contributed by atoms with Crippen molar-refractivity contribution in [2.24, 2.45) is 0 Å². The van der Waals surface area contributed by atoms with Crippen LogP contribution in [0.3, 0.4) is 0 Å². The molecule has 1 N–H and O–H groups in total. The molecule has 16 heavy (non-hydrogen) atoms. The highest BCUT2D eigenvalue weighted by atomic mass is 19.1. The predicted molar refractivity (Wildman–Crippen MR) is 59.1 cm³/mol. The first-order valence-corrected chi connectivity index (χ1v) is 5.51. The maximum Gasteiger partial charge on any atom is 0.126 e. The van der Waals surface area contributed by atoms with Gasteiger partial charge in [0, 0.05) is 25.2 Å². The smallest absolute Gasteiger partial charge is 0.126 e. The lowest BCUT2D eigenvalue weighted by Gasteiger charge is -2.23. The van der Waals surface area contributed by atoms with Crippen LogP contribution in [0.2, 0.25) is 0 Å². The van der Waals surface area contributed by atoms with Crippen molar-refractivity contribution in [1.29, 1.82) is 0 Å². The van der Waals surface area contributed by atoms with Crippen molar-refractivity contribution < 1.29 is 8.78 Å². The topological polar surface area (TPSA) is 15.3 Å². The Hall–Kier alpha value is -1.00. The van der Waals surface area contributed by atoms with Gasteiger partial charge in [0.25, 0.3) is 0 Å². The summed E-state index contributed by atoms with van der Waals surface area (Å²) in [5.74, 6) is -1.01. The van der Waals surface area contributed by atoms with E-state index in [9.17, 15) is 8.78 Å². The molecule has 0 radical (unpaired) electrons. The van der Waals surface area contributed by atoms with E-state index in [1.807, 2.05) is 7.05 Å². The highest BCUT2D eigenvalue weighted by Crippen LogP contribution is 2.13. The first-order valence-electron chi connectivity index (χ1n) is 5.51. The van der Waals surface area contributed by atoms with Crippen LogP contribution in [0.1, 0.15) is 12.0 Å². The summed E-state index contributed by atoms with van der Waals surface area (Å²) in [6.07, 6.45) is 1.09. The summed E-state index contributed by atoms with van der Waals surface area (Å²) >= 11 is 0. The Morgan fingerprint density at radius 3 is 2.56 bits per heavy atom. The summed E-state index contributed by atoms with van der Waals surface area (Å²) in [6.45, 7) is 2.56. The molecule has 1 saturated heterocycles. The largest absolute Gasteiger partial charge is 0.315 e. The molecule has 0 amide bonds. The minimum atomic E-state index is -0.507. The van der Waals surface area contributed by atoms with Crippen LogP contribution in [-0.4, -0.2) is 31.1 Å². The molecule has 2 nitrogen and oxygen atoms in total. The SMILES string of the molecule is CN(Cc1cc(F)cc(F)c1)C1CCNC1. The van der Waals surface area contributed by atoms with Gasteiger partial charge in [-0.3, -0.25) is 4.90 Å². The van der Waals surface area contributed by atoms with Gasteiger partial charge >= 0.3 is 0 Å². The molecular weight excluding hydrogens is 210 g/mol. The van der Waals surface area contributed by atoms with Crippen LogP contribution in [0.5, 0.6) is 0 Å². The Bertz CT molecular complexity index is 342. The molecular formula is C12H16F2N2. The highest BCUT2D eigenvalue weighted by Gasteiger charge is 2.19. The summed E-state index contributed by atoms with van der Waals surface area (Å²) in [7, 11) is 1.99. The van der Waals surface area contributed by atoms with Gasteiger partial charge < -0.3 is 5.32 Å². The number of benzene rings is 1. The third kappa shape index (κ3) is 2.77. The number of hydrogen-bond donors (Lipinski definition) is 1. The van der Waals surface area contributed by atoms with Gasteiger partial charge in [0.15, 0.2) is 0 Å². The molecule has 0 saturated carbocycles. The zero-order valence-corrected chi connectivity index (χ0v) is 9.34. The fourth-order valence-electron chi connectivity index (χ4n) is 2.13. The second kappa shape index (κ2) is 4.89. The quantitative estimate of drug-likeness (QED) is 0.844. The van der Waals surface area contributed by atoms with Gasteiger partial charge in [0.1, 0.15) is 11.6 Å². The fourth-order valence-corrected chi connectivity index (χ4v) is 2.13. The van der Waals surface area contributed by atoms with Crippen molar-refractivity contribution in [2.45, 2.75) is 19.0 Å². The molecule has 1 aliphatic heterocycles. The number of hydrogen-bond acceptors (Lipinski definition) is 2. The Morgan fingerprint density at radius 2 is 2.00 bits per heavy atom. The Labute approximate surface area is 94.3 Å². The van der Waals surface area contributed by atoms with Crippen LogP contribution >= 0.6 is 0 Å². The van der Waals surface area contributed by atoms with Crippen LogP contribution in [0.4, 0.5) is 8.78 Å². The maximum absolute atomic E-state index is 13.0. The van der Waals surface area contributed by atoms with E-state index in [1.165, 1.54) is 12.1 Å². The molecule has 1 unspecified atom stereocenters. The average molecular weight is 226 g/mol. The lowest BCUT2D eigenvalue weighted by Crippen LogP contribution is -2.32. The summed E-state index contributed by atoms with van der Waals surface area (Å²) in [5, 5.41) is 3.27. The van der Waals surface area contributed by atoms with Crippen molar-refractivity contribution >= 4 is 0 Å². The average Bonchev–Trinajstić information content (AvgIpc) is 2.68. The number of nitrogens with one attached hydrogen (secondary N) is 1. The molecule has 4 heteroatoms. The van der Waals surface area contributed by atoms with E-state index in [1.54, 1.807) is 0 Å². The van der Waals surface area contributed by atoms with Crippen molar-refractivity contribution in [3.05, 3.63) is 35.4 Å². The second-order valence-electron chi connectivity index (χ2n) is 4.34. The van der Waals surface area contributed by atoms with E-state index in [0.29, 0.717) is 18.2 Å². The number of rotatable bonds is 3. The Balaban J connectivity index is 2.02. The summed E-state index contributed by atoms with van der Waals surface area (Å²) in [5.41, 5.74) is 0.687. The molecule has 1 heterocycles. The van der Waals surface area contributed by atoms with Crippen LogP contribution in [0.15, 0.2) is 18.2 Å². The van der Waals surface area contributed by atoms with E-state index in [0.717, 1.165) is 25.6 Å². The monoisotopic (exact) mass is 226 g/mol. The van der Waals surface area contributed by atoms with Gasteiger partial charge in [-0.05, 0) is 37.7 Å². The van der Waals surface area contributed by atoms with Gasteiger partial charge in [0.05, 0.1) is 0 Å². The van der Waals surface area contributed by atoms with Crippen molar-refractivity contribution in [2.75, 3.05) is 20.1 Å². The van der Waals surface area contributed by atoms with Gasteiger partial charge in [-0.25, -0.2) is 8.78 Å². The minimum absolute atomic E-state index is 0.464. The molecule has 1 aliphatic rings. The van der Waals surface area contributed by atoms with Crippen LogP contribution < -0.4 is 5.32 Å². The van der Waals surface area contributed by atoms with Crippen LogP contribution in [0, 0.1) is 11.6 Å². The first kappa shape index (κ1) is 11.5. The van der Waals surface area contributed by atoms with Gasteiger partial charge in [-0.15, -0.1) is 0 Å². The van der Waals surface area contributed by atoms with E-state index >= 15 is 0 Å². The van der Waals surface area contributed by atoms with E-state index in [4.69, 9.17) is 0 Å². The third-order valence-corrected chi connectivity index (χ3v) is 3.01. The molecule has 0 bridgehead atoms. The van der Waals surface area contributed by atoms with Crippen molar-refractivity contribution in [3.8, 4) is 0 Å². The van der Waals surface area contributed by atoms with E-state index in [2.05, 4.69) is 10.2 Å². The number of halogens is 2. The van der Waals surface area contributed by atoms with E-state index < -0.39 is 11.6 Å². The summed E-state index contributed by atoms with van der Waals surface area (Å²) in [4.78, 5) is 2.13.